The summed E-state index contributed by atoms with van der Waals surface area (Å²) in [6.45, 7) is 1.96. The number of hydrogen-bond donors (Lipinski definition) is 1. The molecule has 1 aromatic heterocycles. The van der Waals surface area contributed by atoms with Crippen molar-refractivity contribution in [2.24, 2.45) is 0 Å². The quantitative estimate of drug-likeness (QED) is 0.805. The number of aromatic carboxylic acids is 1. The van der Waals surface area contributed by atoms with Crippen molar-refractivity contribution in [3.05, 3.63) is 35.8 Å². The molecule has 0 bridgehead atoms. The fourth-order valence-electron chi connectivity index (χ4n) is 1.26. The second-order valence-electron chi connectivity index (χ2n) is 3.06. The van der Waals surface area contributed by atoms with Crippen LogP contribution in [0.4, 0.5) is 0 Å². The first kappa shape index (κ1) is 11.4. The van der Waals surface area contributed by atoms with E-state index < -0.39 is 5.97 Å². The topological polar surface area (TPSA) is 63.1 Å². The zero-order valence-corrected chi connectivity index (χ0v) is 8.78. The molecule has 0 amide bonds. The highest BCUT2D eigenvalue weighted by atomic mass is 35.5. The lowest BCUT2D eigenvalue weighted by Crippen LogP contribution is -2.03. The number of carboxylic acids is 1. The minimum Gasteiger partial charge on any atom is -0.475 e. The van der Waals surface area contributed by atoms with Crippen LogP contribution in [0, 0.1) is 6.92 Å². The minimum atomic E-state index is -1.10. The van der Waals surface area contributed by atoms with Gasteiger partial charge in [-0.3, -0.25) is 0 Å². The summed E-state index contributed by atoms with van der Waals surface area (Å²) in [6.07, 6.45) is 1.53. The minimum absolute atomic E-state index is 0. The molecule has 0 unspecified atom stereocenters. The van der Waals surface area contributed by atoms with Gasteiger partial charge in [0.25, 0.3) is 0 Å². The Morgan fingerprint density at radius 3 is 2.80 bits per heavy atom. The number of carbonyl (C=O) groups is 1. The lowest BCUT2D eigenvalue weighted by Gasteiger charge is -1.98. The van der Waals surface area contributed by atoms with Gasteiger partial charge in [-0.2, -0.15) is 0 Å². The van der Waals surface area contributed by atoms with Crippen LogP contribution in [0.3, 0.4) is 0 Å². The van der Waals surface area contributed by atoms with Crippen LogP contribution in [0.5, 0.6) is 0 Å². The first-order valence-electron chi connectivity index (χ1n) is 4.13. The number of benzene rings is 1. The van der Waals surface area contributed by atoms with Crippen LogP contribution >= 0.6 is 12.4 Å². The van der Waals surface area contributed by atoms with Gasteiger partial charge in [0, 0.05) is 11.6 Å². The Balaban J connectivity index is 0.00000112. The normalized spacial score (nSPS) is 9.67. The summed E-state index contributed by atoms with van der Waals surface area (Å²) in [4.78, 5) is 18.2. The van der Waals surface area contributed by atoms with Gasteiger partial charge in [-0.05, 0) is 19.1 Å². The first-order valence-corrected chi connectivity index (χ1v) is 4.13. The first-order chi connectivity index (χ1) is 6.66. The molecule has 1 aromatic carbocycles. The van der Waals surface area contributed by atoms with E-state index in [1.54, 1.807) is 6.07 Å². The van der Waals surface area contributed by atoms with Crippen LogP contribution in [0.25, 0.3) is 10.9 Å². The van der Waals surface area contributed by atoms with Crippen molar-refractivity contribution < 1.29 is 9.90 Å². The lowest BCUT2D eigenvalue weighted by atomic mass is 10.2. The van der Waals surface area contributed by atoms with Gasteiger partial charge >= 0.3 is 5.97 Å². The predicted molar refractivity (Wildman–Crippen MR) is 58.5 cm³/mol. The number of carboxylic acid groups (broad SMARTS) is 1. The van der Waals surface area contributed by atoms with Gasteiger partial charge in [0.1, 0.15) is 0 Å². The predicted octanol–water partition coefficient (Wildman–Crippen LogP) is 2.06. The molecule has 0 fully saturated rings. The fraction of sp³-hybridized carbons (Fsp3) is 0.100. The van der Waals surface area contributed by atoms with Crippen LogP contribution in [-0.2, 0) is 0 Å². The molecule has 0 aliphatic rings. The molecule has 15 heavy (non-hydrogen) atoms. The Bertz CT molecular complexity index is 514. The van der Waals surface area contributed by atoms with Gasteiger partial charge in [-0.25, -0.2) is 14.8 Å². The zero-order valence-electron chi connectivity index (χ0n) is 7.97. The Morgan fingerprint density at radius 2 is 2.13 bits per heavy atom. The highest BCUT2D eigenvalue weighted by Crippen LogP contribution is 2.12. The number of fused-ring (bicyclic) bond motifs is 1. The third-order valence-corrected chi connectivity index (χ3v) is 1.93. The summed E-state index contributed by atoms with van der Waals surface area (Å²) in [7, 11) is 0. The fourth-order valence-corrected chi connectivity index (χ4v) is 1.26. The highest BCUT2D eigenvalue weighted by molar-refractivity contribution is 5.87. The molecular weight excluding hydrogens is 216 g/mol. The monoisotopic (exact) mass is 224 g/mol. The van der Waals surface area contributed by atoms with E-state index in [1.165, 1.54) is 6.20 Å². The molecule has 1 heterocycles. The van der Waals surface area contributed by atoms with Crippen molar-refractivity contribution in [1.82, 2.24) is 9.97 Å². The smallest absolute Gasteiger partial charge is 0.373 e. The van der Waals surface area contributed by atoms with E-state index in [4.69, 9.17) is 5.11 Å². The average molecular weight is 225 g/mol. The molecule has 0 saturated heterocycles. The molecule has 2 rings (SSSR count). The Morgan fingerprint density at radius 1 is 1.40 bits per heavy atom. The molecule has 2 aromatic rings. The third-order valence-electron chi connectivity index (χ3n) is 1.93. The van der Waals surface area contributed by atoms with E-state index >= 15 is 0 Å². The Hall–Kier alpha value is -1.68. The molecule has 0 aliphatic heterocycles. The molecule has 78 valence electrons. The molecule has 1 N–H and O–H groups in total. The molecule has 0 saturated carbocycles. The number of aromatic nitrogens is 2. The van der Waals surface area contributed by atoms with E-state index in [2.05, 4.69) is 9.97 Å². The van der Waals surface area contributed by atoms with E-state index in [-0.39, 0.29) is 18.2 Å². The van der Waals surface area contributed by atoms with Crippen molar-refractivity contribution in [3.63, 3.8) is 0 Å². The van der Waals surface area contributed by atoms with E-state index in [9.17, 15) is 4.79 Å². The van der Waals surface area contributed by atoms with Gasteiger partial charge in [0.2, 0.25) is 5.82 Å². The summed E-state index contributed by atoms with van der Waals surface area (Å²) in [5.41, 5.74) is 1.76. The summed E-state index contributed by atoms with van der Waals surface area (Å²) >= 11 is 0. The molecule has 0 atom stereocenters. The molecule has 0 aliphatic carbocycles. The molecule has 0 spiro atoms. The van der Waals surface area contributed by atoms with Gasteiger partial charge in [-0.15, -0.1) is 12.4 Å². The van der Waals surface area contributed by atoms with Crippen LogP contribution in [0.1, 0.15) is 16.2 Å². The average Bonchev–Trinajstić information content (AvgIpc) is 2.16. The SMILES string of the molecule is Cc1ccc2nc(C(=O)O)ncc2c1.Cl. The molecule has 4 nitrogen and oxygen atoms in total. The number of nitrogens with zero attached hydrogens (tertiary/aromatic N) is 2. The zero-order chi connectivity index (χ0) is 10.1. The van der Waals surface area contributed by atoms with E-state index in [1.807, 2.05) is 19.1 Å². The molecule has 0 radical (unpaired) electrons. The van der Waals surface area contributed by atoms with Crippen molar-refractivity contribution in [2.45, 2.75) is 6.92 Å². The molecular formula is C10H9ClN2O2. The summed E-state index contributed by atoms with van der Waals surface area (Å²) < 4.78 is 0. The largest absolute Gasteiger partial charge is 0.475 e. The molecule has 5 heteroatoms. The number of aryl methyl sites for hydroxylation is 1. The van der Waals surface area contributed by atoms with Crippen molar-refractivity contribution in [1.29, 1.82) is 0 Å². The van der Waals surface area contributed by atoms with Crippen molar-refractivity contribution >= 4 is 29.3 Å². The van der Waals surface area contributed by atoms with Gasteiger partial charge in [-0.1, -0.05) is 11.6 Å². The Labute approximate surface area is 92.4 Å². The van der Waals surface area contributed by atoms with E-state index in [0.29, 0.717) is 5.52 Å². The standard InChI is InChI=1S/C10H8N2O2.ClH/c1-6-2-3-8-7(4-6)5-11-9(12-8)10(13)14;/h2-5H,1H3,(H,13,14);1H. The maximum atomic E-state index is 10.6. The van der Waals surface area contributed by atoms with Crippen LogP contribution in [0.2, 0.25) is 0 Å². The second kappa shape index (κ2) is 4.23. The third kappa shape index (κ3) is 2.22. The number of hydrogen-bond acceptors (Lipinski definition) is 3. The van der Waals surface area contributed by atoms with Crippen LogP contribution in [-0.4, -0.2) is 21.0 Å². The van der Waals surface area contributed by atoms with E-state index in [0.717, 1.165) is 10.9 Å². The number of rotatable bonds is 1. The van der Waals surface area contributed by atoms with Crippen LogP contribution in [0.15, 0.2) is 24.4 Å². The van der Waals surface area contributed by atoms with Crippen molar-refractivity contribution in [3.8, 4) is 0 Å². The highest BCUT2D eigenvalue weighted by Gasteiger charge is 2.06. The summed E-state index contributed by atoms with van der Waals surface area (Å²) in [5, 5.41) is 9.53. The van der Waals surface area contributed by atoms with Gasteiger partial charge in [0.15, 0.2) is 0 Å². The number of halogens is 1. The maximum Gasteiger partial charge on any atom is 0.373 e. The summed E-state index contributed by atoms with van der Waals surface area (Å²) in [5.74, 6) is -1.27. The van der Waals surface area contributed by atoms with Crippen molar-refractivity contribution in [2.75, 3.05) is 0 Å². The Kier molecular flexibility index (Phi) is 3.21. The van der Waals surface area contributed by atoms with Gasteiger partial charge in [0.05, 0.1) is 5.52 Å². The van der Waals surface area contributed by atoms with Crippen LogP contribution < -0.4 is 0 Å². The maximum absolute atomic E-state index is 10.6. The van der Waals surface area contributed by atoms with Gasteiger partial charge < -0.3 is 5.11 Å². The summed E-state index contributed by atoms with van der Waals surface area (Å²) in [6, 6.07) is 5.60. The second-order valence-corrected chi connectivity index (χ2v) is 3.06. The lowest BCUT2D eigenvalue weighted by molar-refractivity contribution is 0.0684.